The average molecular weight is 331 g/mol. The van der Waals surface area contributed by atoms with Crippen LogP contribution in [-0.2, 0) is 4.79 Å². The molecule has 6 nitrogen and oxygen atoms in total. The molecule has 0 unspecified atom stereocenters. The number of carbonyl (C=O) groups excluding carboxylic acids is 1. The molecule has 0 aliphatic heterocycles. The highest BCUT2D eigenvalue weighted by molar-refractivity contribution is 5.86. The van der Waals surface area contributed by atoms with Crippen molar-refractivity contribution in [3.05, 3.63) is 53.8 Å². The van der Waals surface area contributed by atoms with Gasteiger partial charge in [-0.05, 0) is 36.4 Å². The number of rotatable bonds is 7. The van der Waals surface area contributed by atoms with E-state index in [9.17, 15) is 9.18 Å². The van der Waals surface area contributed by atoms with Crippen molar-refractivity contribution in [2.75, 3.05) is 26.1 Å². The van der Waals surface area contributed by atoms with E-state index in [1.807, 2.05) is 0 Å². The van der Waals surface area contributed by atoms with Gasteiger partial charge in [-0.25, -0.2) is 9.82 Å². The van der Waals surface area contributed by atoms with Gasteiger partial charge in [-0.1, -0.05) is 0 Å². The molecule has 0 saturated carbocycles. The number of amides is 1. The lowest BCUT2D eigenvalue weighted by atomic mass is 10.2. The van der Waals surface area contributed by atoms with Crippen molar-refractivity contribution in [3.8, 4) is 11.5 Å². The predicted octanol–water partition coefficient (Wildman–Crippen LogP) is 2.41. The lowest BCUT2D eigenvalue weighted by Gasteiger charge is -2.07. The number of halogens is 1. The molecule has 2 aromatic carbocycles. The number of methoxy groups -OCH3 is 2. The van der Waals surface area contributed by atoms with E-state index < -0.39 is 0 Å². The van der Waals surface area contributed by atoms with Gasteiger partial charge in [0, 0.05) is 17.3 Å². The normalized spacial score (nSPS) is 10.5. The molecule has 7 heteroatoms. The molecule has 2 N–H and O–H groups in total. The number of benzene rings is 2. The van der Waals surface area contributed by atoms with Crippen molar-refractivity contribution in [2.24, 2.45) is 5.10 Å². The van der Waals surface area contributed by atoms with Crippen molar-refractivity contribution in [3.63, 3.8) is 0 Å². The number of nitrogens with one attached hydrogen (secondary N) is 2. The van der Waals surface area contributed by atoms with E-state index in [4.69, 9.17) is 9.47 Å². The molecule has 2 rings (SSSR count). The minimum Gasteiger partial charge on any atom is -0.497 e. The van der Waals surface area contributed by atoms with Crippen LogP contribution in [-0.4, -0.2) is 32.9 Å². The Bertz CT molecular complexity index is 718. The maximum atomic E-state index is 12.8. The monoisotopic (exact) mass is 331 g/mol. The summed E-state index contributed by atoms with van der Waals surface area (Å²) in [5.41, 5.74) is 3.74. The maximum Gasteiger partial charge on any atom is 0.259 e. The largest absolute Gasteiger partial charge is 0.497 e. The van der Waals surface area contributed by atoms with E-state index in [-0.39, 0.29) is 18.3 Å². The number of hydrazone groups is 1. The summed E-state index contributed by atoms with van der Waals surface area (Å²) in [6.45, 7) is 0.0166. The Morgan fingerprint density at radius 2 is 1.92 bits per heavy atom. The number of ether oxygens (including phenoxy) is 2. The second-order valence-corrected chi connectivity index (χ2v) is 4.76. The fraction of sp³-hybridized carbons (Fsp3) is 0.176. The van der Waals surface area contributed by atoms with Gasteiger partial charge < -0.3 is 14.8 Å². The standard InChI is InChI=1S/C17H18FN3O3/c1-23-15-8-3-12(16(9-15)24-2)10-20-21-17(22)11-19-14-6-4-13(18)5-7-14/h3-10,19H,11H2,1-2H3,(H,21,22)/b20-10-. The molecule has 0 saturated heterocycles. The average Bonchev–Trinajstić information content (AvgIpc) is 2.61. The van der Waals surface area contributed by atoms with Crippen LogP contribution in [0.5, 0.6) is 11.5 Å². The zero-order chi connectivity index (χ0) is 17.4. The van der Waals surface area contributed by atoms with Gasteiger partial charge in [0.2, 0.25) is 0 Å². The van der Waals surface area contributed by atoms with Gasteiger partial charge in [-0.2, -0.15) is 5.10 Å². The smallest absolute Gasteiger partial charge is 0.259 e. The van der Waals surface area contributed by atoms with Crippen molar-refractivity contribution >= 4 is 17.8 Å². The third kappa shape index (κ3) is 4.98. The highest BCUT2D eigenvalue weighted by atomic mass is 19.1. The van der Waals surface area contributed by atoms with Crippen molar-refractivity contribution in [1.82, 2.24) is 5.43 Å². The quantitative estimate of drug-likeness (QED) is 0.604. The molecular weight excluding hydrogens is 313 g/mol. The van der Waals surface area contributed by atoms with Crippen LogP contribution in [0.4, 0.5) is 10.1 Å². The van der Waals surface area contributed by atoms with E-state index in [2.05, 4.69) is 15.8 Å². The van der Waals surface area contributed by atoms with Gasteiger partial charge in [-0.3, -0.25) is 4.79 Å². The highest BCUT2D eigenvalue weighted by Gasteiger charge is 2.03. The Morgan fingerprint density at radius 3 is 2.58 bits per heavy atom. The predicted molar refractivity (Wildman–Crippen MR) is 90.2 cm³/mol. The number of hydrogen-bond donors (Lipinski definition) is 2. The number of nitrogens with zero attached hydrogens (tertiary/aromatic N) is 1. The Labute approximate surface area is 139 Å². The first-order chi connectivity index (χ1) is 11.6. The highest BCUT2D eigenvalue weighted by Crippen LogP contribution is 2.22. The molecule has 0 aromatic heterocycles. The molecule has 0 fully saturated rings. The summed E-state index contributed by atoms with van der Waals surface area (Å²) in [4.78, 5) is 11.7. The lowest BCUT2D eigenvalue weighted by molar-refractivity contribution is -0.119. The third-order valence-corrected chi connectivity index (χ3v) is 3.13. The van der Waals surface area contributed by atoms with Gasteiger partial charge in [-0.15, -0.1) is 0 Å². The molecule has 0 heterocycles. The number of hydrogen-bond acceptors (Lipinski definition) is 5. The number of carbonyl (C=O) groups is 1. The van der Waals surface area contributed by atoms with E-state index in [1.54, 1.807) is 37.4 Å². The summed E-state index contributed by atoms with van der Waals surface area (Å²) in [6.07, 6.45) is 1.48. The molecule has 24 heavy (non-hydrogen) atoms. The molecule has 126 valence electrons. The first-order valence-corrected chi connectivity index (χ1v) is 7.15. The third-order valence-electron chi connectivity index (χ3n) is 3.13. The van der Waals surface area contributed by atoms with Crippen molar-refractivity contribution in [2.45, 2.75) is 0 Å². The number of anilines is 1. The minimum atomic E-state index is -0.331. The summed E-state index contributed by atoms with van der Waals surface area (Å²) in [5.74, 6) is 0.583. The van der Waals surface area contributed by atoms with E-state index in [1.165, 1.54) is 25.5 Å². The van der Waals surface area contributed by atoms with E-state index in [0.29, 0.717) is 22.7 Å². The Hall–Kier alpha value is -3.09. The summed E-state index contributed by atoms with van der Waals surface area (Å²) < 4.78 is 23.1. The van der Waals surface area contributed by atoms with Crippen molar-refractivity contribution in [1.29, 1.82) is 0 Å². The molecule has 0 radical (unpaired) electrons. The van der Waals surface area contributed by atoms with Gasteiger partial charge >= 0.3 is 0 Å². The van der Waals surface area contributed by atoms with E-state index >= 15 is 0 Å². The van der Waals surface area contributed by atoms with Crippen LogP contribution in [0.1, 0.15) is 5.56 Å². The zero-order valence-electron chi connectivity index (χ0n) is 13.4. The topological polar surface area (TPSA) is 72.0 Å². The van der Waals surface area contributed by atoms with Crippen LogP contribution >= 0.6 is 0 Å². The minimum absolute atomic E-state index is 0.0166. The Morgan fingerprint density at radius 1 is 1.17 bits per heavy atom. The van der Waals surface area contributed by atoms with Crippen LogP contribution in [0.2, 0.25) is 0 Å². The second-order valence-electron chi connectivity index (χ2n) is 4.76. The molecule has 1 amide bonds. The van der Waals surface area contributed by atoms with E-state index in [0.717, 1.165) is 0 Å². The van der Waals surface area contributed by atoms with Gasteiger partial charge in [0.05, 0.1) is 27.0 Å². The summed E-state index contributed by atoms with van der Waals surface area (Å²) in [6, 6.07) is 11.0. The van der Waals surface area contributed by atoms with Gasteiger partial charge in [0.1, 0.15) is 17.3 Å². The molecule has 0 atom stereocenters. The fourth-order valence-corrected chi connectivity index (χ4v) is 1.89. The van der Waals surface area contributed by atoms with Crippen LogP contribution in [0.15, 0.2) is 47.6 Å². The first kappa shape index (κ1) is 17.3. The van der Waals surface area contributed by atoms with Gasteiger partial charge in [0.25, 0.3) is 5.91 Å². The molecular formula is C17H18FN3O3. The fourth-order valence-electron chi connectivity index (χ4n) is 1.89. The molecule has 0 spiro atoms. The second kappa shape index (κ2) is 8.52. The van der Waals surface area contributed by atoms with Crippen molar-refractivity contribution < 1.29 is 18.7 Å². The Balaban J connectivity index is 1.86. The lowest BCUT2D eigenvalue weighted by Crippen LogP contribution is -2.25. The summed E-state index contributed by atoms with van der Waals surface area (Å²) in [7, 11) is 3.11. The zero-order valence-corrected chi connectivity index (χ0v) is 13.4. The molecule has 0 bridgehead atoms. The van der Waals surface area contributed by atoms with Crippen LogP contribution in [0.3, 0.4) is 0 Å². The SMILES string of the molecule is COc1ccc(/C=N\NC(=O)CNc2ccc(F)cc2)c(OC)c1. The summed E-state index contributed by atoms with van der Waals surface area (Å²) in [5, 5.41) is 6.75. The molecule has 2 aromatic rings. The Kier molecular flexibility index (Phi) is 6.13. The maximum absolute atomic E-state index is 12.8. The van der Waals surface area contributed by atoms with Gasteiger partial charge in [0.15, 0.2) is 0 Å². The van der Waals surface area contributed by atoms with Crippen LogP contribution < -0.4 is 20.2 Å². The first-order valence-electron chi connectivity index (χ1n) is 7.15. The van der Waals surface area contributed by atoms with Crippen LogP contribution in [0, 0.1) is 5.82 Å². The molecule has 0 aliphatic rings. The van der Waals surface area contributed by atoms with Crippen LogP contribution in [0.25, 0.3) is 0 Å². The summed E-state index contributed by atoms with van der Waals surface area (Å²) >= 11 is 0. The molecule has 0 aliphatic carbocycles.